The highest BCUT2D eigenvalue weighted by molar-refractivity contribution is 6.35. The second-order valence-electron chi connectivity index (χ2n) is 4.50. The van der Waals surface area contributed by atoms with Gasteiger partial charge in [0, 0.05) is 25.5 Å². The fraction of sp³-hybridized carbons (Fsp3) is 0.429. The standard InChI is InChI=1S/C14H18Cl2N2O3/c1-10(19)18(2)9-14(20)17-6-3-7-21-13-5-4-11(15)8-12(13)16/h4-5,8H,3,6-7,9H2,1-2H3,(H,17,20). The van der Waals surface area contributed by atoms with Crippen LogP contribution in [0.15, 0.2) is 18.2 Å². The molecule has 7 heteroatoms. The van der Waals surface area contributed by atoms with Crippen LogP contribution in [0.5, 0.6) is 5.75 Å². The maximum Gasteiger partial charge on any atom is 0.239 e. The number of carbonyl (C=O) groups excluding carboxylic acids is 2. The second-order valence-corrected chi connectivity index (χ2v) is 5.35. The number of hydrogen-bond donors (Lipinski definition) is 1. The molecule has 1 rings (SSSR count). The summed E-state index contributed by atoms with van der Waals surface area (Å²) in [5.41, 5.74) is 0. The lowest BCUT2D eigenvalue weighted by Crippen LogP contribution is -2.37. The topological polar surface area (TPSA) is 58.6 Å². The predicted molar refractivity (Wildman–Crippen MR) is 82.9 cm³/mol. The molecule has 1 N–H and O–H groups in total. The molecule has 0 aromatic heterocycles. The maximum atomic E-state index is 11.5. The van der Waals surface area contributed by atoms with Gasteiger partial charge in [0.2, 0.25) is 11.8 Å². The molecule has 0 aliphatic carbocycles. The molecule has 21 heavy (non-hydrogen) atoms. The number of nitrogens with zero attached hydrogens (tertiary/aromatic N) is 1. The van der Waals surface area contributed by atoms with Gasteiger partial charge in [-0.3, -0.25) is 9.59 Å². The van der Waals surface area contributed by atoms with Gasteiger partial charge in [0.15, 0.2) is 0 Å². The van der Waals surface area contributed by atoms with Crippen LogP contribution in [0, 0.1) is 0 Å². The first-order chi connectivity index (χ1) is 9.90. The molecule has 0 bridgehead atoms. The molecule has 0 saturated heterocycles. The monoisotopic (exact) mass is 332 g/mol. The van der Waals surface area contributed by atoms with Crippen molar-refractivity contribution in [2.75, 3.05) is 26.7 Å². The summed E-state index contributed by atoms with van der Waals surface area (Å²) < 4.78 is 5.49. The van der Waals surface area contributed by atoms with Crippen LogP contribution in [0.2, 0.25) is 10.0 Å². The Hall–Kier alpha value is -1.46. The van der Waals surface area contributed by atoms with Crippen LogP contribution in [-0.2, 0) is 9.59 Å². The van der Waals surface area contributed by atoms with Crippen LogP contribution in [0.1, 0.15) is 13.3 Å². The molecule has 0 radical (unpaired) electrons. The molecule has 0 spiro atoms. The quantitative estimate of drug-likeness (QED) is 0.780. The molecule has 0 fully saturated rings. The van der Waals surface area contributed by atoms with E-state index in [4.69, 9.17) is 27.9 Å². The summed E-state index contributed by atoms with van der Waals surface area (Å²) in [6.45, 7) is 2.36. The average Bonchev–Trinajstić information content (AvgIpc) is 2.40. The average molecular weight is 333 g/mol. The summed E-state index contributed by atoms with van der Waals surface area (Å²) in [7, 11) is 1.58. The van der Waals surface area contributed by atoms with Crippen molar-refractivity contribution in [2.24, 2.45) is 0 Å². The molecule has 0 heterocycles. The number of hydrogen-bond acceptors (Lipinski definition) is 3. The van der Waals surface area contributed by atoms with Crippen molar-refractivity contribution in [1.29, 1.82) is 0 Å². The molecule has 0 aliphatic heterocycles. The minimum Gasteiger partial charge on any atom is -0.492 e. The Morgan fingerprint density at radius 2 is 2.05 bits per heavy atom. The lowest BCUT2D eigenvalue weighted by Gasteiger charge is -2.14. The van der Waals surface area contributed by atoms with Gasteiger partial charge in [0.25, 0.3) is 0 Å². The Bertz CT molecular complexity index is 509. The number of nitrogens with one attached hydrogen (secondary N) is 1. The second kappa shape index (κ2) is 8.74. The van der Waals surface area contributed by atoms with Crippen molar-refractivity contribution in [3.05, 3.63) is 28.2 Å². The summed E-state index contributed by atoms with van der Waals surface area (Å²) in [5, 5.41) is 3.72. The van der Waals surface area contributed by atoms with E-state index in [1.54, 1.807) is 25.2 Å². The van der Waals surface area contributed by atoms with Crippen LogP contribution >= 0.6 is 23.2 Å². The first-order valence-corrected chi connectivity index (χ1v) is 7.22. The third-order valence-electron chi connectivity index (χ3n) is 2.71. The first kappa shape index (κ1) is 17.6. The van der Waals surface area contributed by atoms with E-state index in [1.807, 2.05) is 0 Å². The van der Waals surface area contributed by atoms with Gasteiger partial charge in [-0.2, -0.15) is 0 Å². The molecule has 0 unspecified atom stereocenters. The highest BCUT2D eigenvalue weighted by Crippen LogP contribution is 2.27. The zero-order valence-corrected chi connectivity index (χ0v) is 13.5. The van der Waals surface area contributed by atoms with E-state index in [2.05, 4.69) is 5.32 Å². The minimum absolute atomic E-state index is 0.0548. The molecule has 5 nitrogen and oxygen atoms in total. The van der Waals surface area contributed by atoms with Crippen LogP contribution in [0.4, 0.5) is 0 Å². The molecule has 0 atom stereocenters. The molecular weight excluding hydrogens is 315 g/mol. The summed E-state index contributed by atoms with van der Waals surface area (Å²) in [4.78, 5) is 23.8. The van der Waals surface area contributed by atoms with Crippen LogP contribution in [-0.4, -0.2) is 43.5 Å². The summed E-state index contributed by atoms with van der Waals surface area (Å²) in [5.74, 6) is 0.215. The summed E-state index contributed by atoms with van der Waals surface area (Å²) >= 11 is 11.7. The number of benzene rings is 1. The van der Waals surface area contributed by atoms with E-state index in [9.17, 15) is 9.59 Å². The van der Waals surface area contributed by atoms with E-state index >= 15 is 0 Å². The molecule has 1 aromatic rings. The highest BCUT2D eigenvalue weighted by atomic mass is 35.5. The molecule has 2 amide bonds. The van der Waals surface area contributed by atoms with E-state index in [0.717, 1.165) is 0 Å². The largest absolute Gasteiger partial charge is 0.492 e. The fourth-order valence-electron chi connectivity index (χ4n) is 1.46. The van der Waals surface area contributed by atoms with Crippen LogP contribution in [0.25, 0.3) is 0 Å². The van der Waals surface area contributed by atoms with Gasteiger partial charge in [-0.15, -0.1) is 0 Å². The van der Waals surface area contributed by atoms with Gasteiger partial charge < -0.3 is 15.0 Å². The molecule has 0 saturated carbocycles. The SMILES string of the molecule is CC(=O)N(C)CC(=O)NCCCOc1ccc(Cl)cc1Cl. The maximum absolute atomic E-state index is 11.5. The van der Waals surface area contributed by atoms with Gasteiger partial charge >= 0.3 is 0 Å². The predicted octanol–water partition coefficient (Wildman–Crippen LogP) is 2.36. The normalized spacial score (nSPS) is 10.1. The van der Waals surface area contributed by atoms with Crippen molar-refractivity contribution < 1.29 is 14.3 Å². The lowest BCUT2D eigenvalue weighted by molar-refractivity contribution is -0.133. The molecule has 0 aliphatic rings. The lowest BCUT2D eigenvalue weighted by atomic mass is 10.3. The Kier molecular flexibility index (Phi) is 7.32. The zero-order valence-electron chi connectivity index (χ0n) is 12.0. The third kappa shape index (κ3) is 6.69. The van der Waals surface area contributed by atoms with Crippen molar-refractivity contribution in [1.82, 2.24) is 10.2 Å². The number of amides is 2. The Morgan fingerprint density at radius 3 is 2.67 bits per heavy atom. The Labute approximate surface area is 134 Å². The number of likely N-dealkylation sites (N-methyl/N-ethyl adjacent to an activating group) is 1. The van der Waals surface area contributed by atoms with E-state index in [0.29, 0.717) is 35.4 Å². The Balaban J connectivity index is 2.20. The number of halogens is 2. The number of carbonyl (C=O) groups is 2. The van der Waals surface area contributed by atoms with Crippen molar-refractivity contribution in [3.63, 3.8) is 0 Å². The molecule has 1 aromatic carbocycles. The molecule has 116 valence electrons. The van der Waals surface area contributed by atoms with Gasteiger partial charge in [-0.05, 0) is 24.6 Å². The highest BCUT2D eigenvalue weighted by Gasteiger charge is 2.08. The van der Waals surface area contributed by atoms with E-state index in [-0.39, 0.29) is 18.4 Å². The first-order valence-electron chi connectivity index (χ1n) is 6.46. The summed E-state index contributed by atoms with van der Waals surface area (Å²) in [6.07, 6.45) is 0.633. The Morgan fingerprint density at radius 1 is 1.33 bits per heavy atom. The third-order valence-corrected chi connectivity index (χ3v) is 3.24. The van der Waals surface area contributed by atoms with Crippen LogP contribution < -0.4 is 10.1 Å². The zero-order chi connectivity index (χ0) is 15.8. The summed E-state index contributed by atoms with van der Waals surface area (Å²) in [6, 6.07) is 5.00. The van der Waals surface area contributed by atoms with Gasteiger partial charge in [-0.1, -0.05) is 23.2 Å². The van der Waals surface area contributed by atoms with Crippen molar-refractivity contribution in [3.8, 4) is 5.75 Å². The molecular formula is C14H18Cl2N2O3. The van der Waals surface area contributed by atoms with E-state index in [1.165, 1.54) is 11.8 Å². The fourth-order valence-corrected chi connectivity index (χ4v) is 1.92. The van der Waals surface area contributed by atoms with Crippen molar-refractivity contribution in [2.45, 2.75) is 13.3 Å². The van der Waals surface area contributed by atoms with Crippen molar-refractivity contribution >= 4 is 35.0 Å². The van der Waals surface area contributed by atoms with Gasteiger partial charge in [0.05, 0.1) is 18.2 Å². The van der Waals surface area contributed by atoms with Gasteiger partial charge in [-0.25, -0.2) is 0 Å². The minimum atomic E-state index is -0.197. The smallest absolute Gasteiger partial charge is 0.239 e. The number of rotatable bonds is 7. The van der Waals surface area contributed by atoms with E-state index < -0.39 is 0 Å². The van der Waals surface area contributed by atoms with Gasteiger partial charge in [0.1, 0.15) is 5.75 Å². The number of ether oxygens (including phenoxy) is 1. The van der Waals surface area contributed by atoms with Crippen LogP contribution in [0.3, 0.4) is 0 Å².